The minimum Gasteiger partial charge on any atom is -0.352 e. The van der Waals surface area contributed by atoms with Crippen molar-refractivity contribution in [2.45, 2.75) is 45.6 Å². The third-order valence-electron chi connectivity index (χ3n) is 4.11. The molecular weight excluding hydrogens is 530 g/mol. The molecule has 1 amide bonds. The van der Waals surface area contributed by atoms with Crippen LogP contribution in [0, 0.1) is 0 Å². The molecule has 0 saturated carbocycles. The van der Waals surface area contributed by atoms with Gasteiger partial charge in [-0.1, -0.05) is 19.1 Å². The van der Waals surface area contributed by atoms with Gasteiger partial charge in [-0.05, 0) is 31.0 Å². The fourth-order valence-corrected chi connectivity index (χ4v) is 3.06. The third kappa shape index (κ3) is 8.09. The summed E-state index contributed by atoms with van der Waals surface area (Å²) in [5, 5.41) is 10.2. The highest BCUT2D eigenvalue weighted by atomic mass is 127. The van der Waals surface area contributed by atoms with Crippen molar-refractivity contribution in [3.63, 3.8) is 0 Å². The molecule has 2 aromatic rings. The first-order chi connectivity index (χ1) is 13.7. The molecule has 11 heteroatoms. The van der Waals surface area contributed by atoms with Gasteiger partial charge in [0.25, 0.3) is 5.91 Å². The standard InChI is InChI=1S/C19H24F3N5OS.HI/c1-4-12(2)26-17(28)14-7-5-6-13(8-14)9-24-18(23-3)25-10-16-27-15(11-29-16)19(20,21)22;/h5-8,11-12H,4,9-10H2,1-3H3,(H,26,28)(H2,23,24,25);1H. The Kier molecular flexibility index (Phi) is 10.5. The number of guanidine groups is 1. The maximum atomic E-state index is 12.6. The van der Waals surface area contributed by atoms with Crippen LogP contribution in [0.5, 0.6) is 0 Å². The van der Waals surface area contributed by atoms with Crippen molar-refractivity contribution in [2.24, 2.45) is 4.99 Å². The maximum absolute atomic E-state index is 12.6. The summed E-state index contributed by atoms with van der Waals surface area (Å²) in [6.45, 7) is 4.46. The maximum Gasteiger partial charge on any atom is 0.434 e. The summed E-state index contributed by atoms with van der Waals surface area (Å²) in [6.07, 6.45) is -3.60. The number of alkyl halides is 3. The van der Waals surface area contributed by atoms with Crippen LogP contribution in [0.3, 0.4) is 0 Å². The Morgan fingerprint density at radius 2 is 1.97 bits per heavy atom. The lowest BCUT2D eigenvalue weighted by molar-refractivity contribution is -0.140. The number of thiazole rings is 1. The number of benzene rings is 1. The number of halogens is 4. The van der Waals surface area contributed by atoms with Gasteiger partial charge in [-0.3, -0.25) is 9.79 Å². The molecule has 0 bridgehead atoms. The van der Waals surface area contributed by atoms with E-state index in [1.807, 2.05) is 19.9 Å². The number of aromatic nitrogens is 1. The predicted molar refractivity (Wildman–Crippen MR) is 123 cm³/mol. The van der Waals surface area contributed by atoms with E-state index in [1.165, 1.54) is 0 Å². The summed E-state index contributed by atoms with van der Waals surface area (Å²) < 4.78 is 37.8. The van der Waals surface area contributed by atoms with Gasteiger partial charge in [-0.25, -0.2) is 4.98 Å². The highest BCUT2D eigenvalue weighted by Crippen LogP contribution is 2.29. The lowest BCUT2D eigenvalue weighted by Crippen LogP contribution is -2.36. The Hall–Kier alpha value is -1.89. The van der Waals surface area contributed by atoms with Crippen LogP contribution in [0.25, 0.3) is 0 Å². The molecule has 6 nitrogen and oxygen atoms in total. The predicted octanol–water partition coefficient (Wildman–Crippen LogP) is 4.17. The fraction of sp³-hybridized carbons (Fsp3) is 0.421. The van der Waals surface area contributed by atoms with Gasteiger partial charge in [-0.15, -0.1) is 35.3 Å². The molecule has 1 atom stereocenters. The normalized spacial score (nSPS) is 12.7. The third-order valence-corrected chi connectivity index (χ3v) is 4.96. The molecule has 0 aliphatic rings. The molecular formula is C19H25F3IN5OS. The Morgan fingerprint density at radius 3 is 2.57 bits per heavy atom. The van der Waals surface area contributed by atoms with Crippen LogP contribution < -0.4 is 16.0 Å². The van der Waals surface area contributed by atoms with Crippen LogP contribution in [-0.2, 0) is 19.3 Å². The van der Waals surface area contributed by atoms with Gasteiger partial charge < -0.3 is 16.0 Å². The number of hydrogen-bond donors (Lipinski definition) is 3. The summed E-state index contributed by atoms with van der Waals surface area (Å²) >= 11 is 0.934. The van der Waals surface area contributed by atoms with Crippen molar-refractivity contribution < 1.29 is 18.0 Å². The van der Waals surface area contributed by atoms with Gasteiger partial charge in [0.1, 0.15) is 5.01 Å². The average Bonchev–Trinajstić information content (AvgIpc) is 3.17. The van der Waals surface area contributed by atoms with E-state index < -0.39 is 11.9 Å². The molecule has 2 rings (SSSR count). The van der Waals surface area contributed by atoms with Crippen LogP contribution in [0.15, 0.2) is 34.6 Å². The van der Waals surface area contributed by atoms with E-state index in [1.54, 1.807) is 25.2 Å². The Balaban J connectivity index is 0.00000450. The van der Waals surface area contributed by atoms with Crippen LogP contribution in [0.2, 0.25) is 0 Å². The van der Waals surface area contributed by atoms with Crippen molar-refractivity contribution in [3.05, 3.63) is 51.5 Å². The molecule has 1 aromatic carbocycles. The van der Waals surface area contributed by atoms with Crippen molar-refractivity contribution in [3.8, 4) is 0 Å². The number of carbonyl (C=O) groups is 1. The molecule has 0 aliphatic heterocycles. The molecule has 1 heterocycles. The zero-order valence-corrected chi connectivity index (χ0v) is 20.0. The molecule has 1 aromatic heterocycles. The number of amides is 1. The zero-order chi connectivity index (χ0) is 21.4. The number of nitrogens with one attached hydrogen (secondary N) is 3. The lowest BCUT2D eigenvalue weighted by atomic mass is 10.1. The first-order valence-corrected chi connectivity index (χ1v) is 9.96. The largest absolute Gasteiger partial charge is 0.434 e. The Bertz CT molecular complexity index is 857. The first-order valence-electron chi connectivity index (χ1n) is 9.08. The zero-order valence-electron chi connectivity index (χ0n) is 16.8. The van der Waals surface area contributed by atoms with Crippen molar-refractivity contribution in [2.75, 3.05) is 7.05 Å². The highest BCUT2D eigenvalue weighted by Gasteiger charge is 2.33. The van der Waals surface area contributed by atoms with Gasteiger partial charge in [-0.2, -0.15) is 13.2 Å². The fourth-order valence-electron chi connectivity index (χ4n) is 2.32. The number of carbonyl (C=O) groups excluding carboxylic acids is 1. The molecule has 0 radical (unpaired) electrons. The van der Waals surface area contributed by atoms with Crippen molar-refractivity contribution in [1.29, 1.82) is 0 Å². The van der Waals surface area contributed by atoms with E-state index >= 15 is 0 Å². The quantitative estimate of drug-likeness (QED) is 0.272. The molecule has 0 spiro atoms. The summed E-state index contributed by atoms with van der Waals surface area (Å²) in [4.78, 5) is 19.9. The van der Waals surface area contributed by atoms with Gasteiger partial charge in [0.05, 0.1) is 6.54 Å². The van der Waals surface area contributed by atoms with Gasteiger partial charge >= 0.3 is 6.18 Å². The molecule has 0 saturated heterocycles. The average molecular weight is 555 g/mol. The topological polar surface area (TPSA) is 78.4 Å². The van der Waals surface area contributed by atoms with Crippen LogP contribution in [0.1, 0.15) is 46.9 Å². The molecule has 30 heavy (non-hydrogen) atoms. The SMILES string of the molecule is CCC(C)NC(=O)c1cccc(CNC(=NC)NCc2nc(C(F)(F)F)cs2)c1.I. The summed E-state index contributed by atoms with van der Waals surface area (Å²) in [5.74, 6) is 0.288. The monoisotopic (exact) mass is 555 g/mol. The van der Waals surface area contributed by atoms with Crippen LogP contribution in [-0.4, -0.2) is 29.9 Å². The van der Waals surface area contributed by atoms with Crippen molar-refractivity contribution >= 4 is 47.2 Å². The number of rotatable bonds is 7. The van der Waals surface area contributed by atoms with Crippen molar-refractivity contribution in [1.82, 2.24) is 20.9 Å². The van der Waals surface area contributed by atoms with E-state index in [9.17, 15) is 18.0 Å². The molecule has 166 valence electrons. The highest BCUT2D eigenvalue weighted by molar-refractivity contribution is 14.0. The molecule has 0 fully saturated rings. The van der Waals surface area contributed by atoms with E-state index in [2.05, 4.69) is 25.9 Å². The number of hydrogen-bond acceptors (Lipinski definition) is 4. The van der Waals surface area contributed by atoms with Crippen LogP contribution in [0.4, 0.5) is 13.2 Å². The second-order valence-corrected chi connectivity index (χ2v) is 7.33. The molecule has 0 aliphatic carbocycles. The Labute approximate surface area is 194 Å². The summed E-state index contributed by atoms with van der Waals surface area (Å²) in [6, 6.07) is 7.30. The Morgan fingerprint density at radius 1 is 1.27 bits per heavy atom. The summed E-state index contributed by atoms with van der Waals surface area (Å²) in [5.41, 5.74) is 0.545. The molecule has 1 unspecified atom stereocenters. The first kappa shape index (κ1) is 26.1. The van der Waals surface area contributed by atoms with Gasteiger partial charge in [0, 0.05) is 30.6 Å². The number of aliphatic imine (C=N–C) groups is 1. The van der Waals surface area contributed by atoms with Crippen LogP contribution >= 0.6 is 35.3 Å². The lowest BCUT2D eigenvalue weighted by Gasteiger charge is -2.13. The van der Waals surface area contributed by atoms with E-state index in [-0.39, 0.29) is 42.5 Å². The van der Waals surface area contributed by atoms with E-state index in [4.69, 9.17) is 0 Å². The second-order valence-electron chi connectivity index (χ2n) is 6.39. The van der Waals surface area contributed by atoms with Gasteiger partial charge in [0.15, 0.2) is 11.7 Å². The minimum absolute atomic E-state index is 0. The van der Waals surface area contributed by atoms with Gasteiger partial charge in [0.2, 0.25) is 0 Å². The number of nitrogens with zero attached hydrogens (tertiary/aromatic N) is 2. The van der Waals surface area contributed by atoms with E-state index in [0.29, 0.717) is 23.1 Å². The smallest absolute Gasteiger partial charge is 0.352 e. The minimum atomic E-state index is -4.44. The summed E-state index contributed by atoms with van der Waals surface area (Å²) in [7, 11) is 1.56. The second kappa shape index (κ2) is 12.1. The molecule has 3 N–H and O–H groups in total. The van der Waals surface area contributed by atoms with E-state index in [0.717, 1.165) is 28.7 Å².